The second kappa shape index (κ2) is 6.50. The number of fused-ring (bicyclic) bond motifs is 2. The topological polar surface area (TPSA) is 111 Å². The molecule has 1 aliphatic carbocycles. The Morgan fingerprint density at radius 3 is 2.46 bits per heavy atom. The quantitative estimate of drug-likeness (QED) is 0.745. The Bertz CT molecular complexity index is 997. The molecule has 1 aliphatic heterocycles. The summed E-state index contributed by atoms with van der Waals surface area (Å²) in [4.78, 5) is 37.9. The van der Waals surface area contributed by atoms with Crippen LogP contribution in [0.5, 0.6) is 11.5 Å². The van der Waals surface area contributed by atoms with Gasteiger partial charge in [-0.1, -0.05) is 0 Å². The minimum Gasteiger partial charge on any atom is -0.493 e. The van der Waals surface area contributed by atoms with Crippen molar-refractivity contribution >= 4 is 28.6 Å². The molecule has 4 rings (SSSR count). The first-order valence-corrected chi connectivity index (χ1v) is 9.03. The smallest absolute Gasteiger partial charge is 0.326 e. The lowest BCUT2D eigenvalue weighted by Crippen LogP contribution is -2.44. The van der Waals surface area contributed by atoms with Crippen molar-refractivity contribution in [3.63, 3.8) is 0 Å². The van der Waals surface area contributed by atoms with E-state index in [1.54, 1.807) is 12.1 Å². The number of carboxylic acids is 1. The average molecular weight is 387 g/mol. The minimum atomic E-state index is -0.985. The van der Waals surface area contributed by atoms with Gasteiger partial charge in [0.05, 0.1) is 19.7 Å². The Labute approximate surface area is 160 Å². The molecule has 1 saturated heterocycles. The standard InChI is InChI=1S/C19H21N3O6/c1-9(23)18-11-6-15(27-2)16(28-3)7-13(11)21(20-18)8-17(24)22-12-4-10(12)5-14(22)19(25)26/h6-7,10,12,14H,4-5,8H2,1-3H3,(H,25,26)/t10-,12-,14+/m1/s1. The number of carbonyl (C=O) groups excluding carboxylic acids is 2. The number of hydrogen-bond donors (Lipinski definition) is 1. The van der Waals surface area contributed by atoms with Crippen LogP contribution in [0.15, 0.2) is 12.1 Å². The molecular weight excluding hydrogens is 366 g/mol. The molecule has 148 valence electrons. The number of amides is 1. The van der Waals surface area contributed by atoms with E-state index >= 15 is 0 Å². The van der Waals surface area contributed by atoms with Gasteiger partial charge in [0, 0.05) is 24.4 Å². The lowest BCUT2D eigenvalue weighted by Gasteiger charge is -2.24. The number of ether oxygens (including phenoxy) is 2. The predicted molar refractivity (Wildman–Crippen MR) is 97.6 cm³/mol. The van der Waals surface area contributed by atoms with Gasteiger partial charge < -0.3 is 19.5 Å². The number of Topliss-reactive ketones (excluding diaryl/α,β-unsaturated/α-hetero) is 1. The van der Waals surface area contributed by atoms with Crippen LogP contribution in [-0.4, -0.2) is 63.7 Å². The van der Waals surface area contributed by atoms with Gasteiger partial charge in [0.2, 0.25) is 5.91 Å². The van der Waals surface area contributed by atoms with Crippen LogP contribution in [0.25, 0.3) is 10.9 Å². The van der Waals surface area contributed by atoms with E-state index in [0.29, 0.717) is 28.8 Å². The van der Waals surface area contributed by atoms with E-state index in [4.69, 9.17) is 9.47 Å². The van der Waals surface area contributed by atoms with Crippen molar-refractivity contribution in [2.75, 3.05) is 14.2 Å². The first-order chi connectivity index (χ1) is 13.3. The summed E-state index contributed by atoms with van der Waals surface area (Å²) in [5.41, 5.74) is 0.777. The van der Waals surface area contributed by atoms with E-state index in [1.165, 1.54) is 30.7 Å². The van der Waals surface area contributed by atoms with Crippen LogP contribution in [0.1, 0.15) is 30.3 Å². The number of nitrogens with zero attached hydrogens (tertiary/aromatic N) is 3. The molecule has 28 heavy (non-hydrogen) atoms. The molecule has 1 N–H and O–H groups in total. The third-order valence-corrected chi connectivity index (χ3v) is 5.55. The number of aliphatic carboxylic acids is 1. The molecule has 2 fully saturated rings. The highest BCUT2D eigenvalue weighted by Gasteiger charge is 2.56. The van der Waals surface area contributed by atoms with Crippen LogP contribution < -0.4 is 9.47 Å². The maximum Gasteiger partial charge on any atom is 0.326 e. The van der Waals surface area contributed by atoms with E-state index in [9.17, 15) is 19.5 Å². The molecule has 2 heterocycles. The molecule has 1 aromatic carbocycles. The fourth-order valence-electron chi connectivity index (χ4n) is 4.13. The van der Waals surface area contributed by atoms with Crippen LogP contribution in [-0.2, 0) is 16.1 Å². The molecule has 2 aliphatic rings. The number of piperidine rings is 1. The van der Waals surface area contributed by atoms with E-state index in [-0.39, 0.29) is 35.9 Å². The fraction of sp³-hybridized carbons (Fsp3) is 0.474. The third kappa shape index (κ3) is 2.78. The molecule has 1 amide bonds. The van der Waals surface area contributed by atoms with E-state index in [2.05, 4.69) is 5.10 Å². The Kier molecular flexibility index (Phi) is 4.24. The molecule has 0 spiro atoms. The summed E-state index contributed by atoms with van der Waals surface area (Å²) in [5.74, 6) is -0.361. The number of methoxy groups -OCH3 is 2. The van der Waals surface area contributed by atoms with Crippen molar-refractivity contribution < 1.29 is 29.0 Å². The lowest BCUT2D eigenvalue weighted by molar-refractivity contribution is -0.149. The zero-order chi connectivity index (χ0) is 20.2. The highest BCUT2D eigenvalue weighted by molar-refractivity contribution is 6.06. The number of ketones is 1. The molecular formula is C19H21N3O6. The summed E-state index contributed by atoms with van der Waals surface area (Å²) >= 11 is 0. The van der Waals surface area contributed by atoms with Crippen LogP contribution in [0.4, 0.5) is 0 Å². The van der Waals surface area contributed by atoms with Crippen molar-refractivity contribution in [3.8, 4) is 11.5 Å². The second-order valence-electron chi connectivity index (χ2n) is 7.24. The molecule has 2 aromatic rings. The van der Waals surface area contributed by atoms with Crippen molar-refractivity contribution in [1.82, 2.24) is 14.7 Å². The SMILES string of the molecule is COc1cc2c(C(C)=O)nn(CC(=O)N3[C@@H]4C[C@@H]4C[C@H]3C(=O)O)c2cc1OC. The van der Waals surface area contributed by atoms with Crippen LogP contribution >= 0.6 is 0 Å². The summed E-state index contributed by atoms with van der Waals surface area (Å²) in [5, 5.41) is 14.3. The number of aromatic nitrogens is 2. The van der Waals surface area contributed by atoms with Gasteiger partial charge >= 0.3 is 5.97 Å². The first kappa shape index (κ1) is 18.3. The predicted octanol–water partition coefficient (Wildman–Crippen LogP) is 1.33. The summed E-state index contributed by atoms with van der Waals surface area (Å²) in [7, 11) is 2.99. The van der Waals surface area contributed by atoms with Gasteiger partial charge in [-0.05, 0) is 24.8 Å². The van der Waals surface area contributed by atoms with Gasteiger partial charge in [-0.3, -0.25) is 14.3 Å². The molecule has 0 radical (unpaired) electrons. The maximum atomic E-state index is 12.9. The fourth-order valence-corrected chi connectivity index (χ4v) is 4.13. The number of rotatable bonds is 6. The molecule has 0 unspecified atom stereocenters. The van der Waals surface area contributed by atoms with Crippen LogP contribution in [0.3, 0.4) is 0 Å². The summed E-state index contributed by atoms with van der Waals surface area (Å²) in [6.07, 6.45) is 1.34. The number of likely N-dealkylation sites (tertiary alicyclic amines) is 1. The zero-order valence-electron chi connectivity index (χ0n) is 15.8. The Hall–Kier alpha value is -3.10. The summed E-state index contributed by atoms with van der Waals surface area (Å²) < 4.78 is 12.1. The van der Waals surface area contributed by atoms with Gasteiger partial charge in [-0.15, -0.1) is 0 Å². The van der Waals surface area contributed by atoms with Crippen molar-refractivity contribution in [2.24, 2.45) is 5.92 Å². The summed E-state index contributed by atoms with van der Waals surface area (Å²) in [6, 6.07) is 2.53. The van der Waals surface area contributed by atoms with E-state index in [0.717, 1.165) is 6.42 Å². The molecule has 1 aromatic heterocycles. The Morgan fingerprint density at radius 1 is 1.18 bits per heavy atom. The maximum absolute atomic E-state index is 12.9. The molecule has 9 heteroatoms. The van der Waals surface area contributed by atoms with Crippen LogP contribution in [0.2, 0.25) is 0 Å². The zero-order valence-corrected chi connectivity index (χ0v) is 15.8. The first-order valence-electron chi connectivity index (χ1n) is 9.03. The van der Waals surface area contributed by atoms with Crippen molar-refractivity contribution in [2.45, 2.75) is 38.4 Å². The molecule has 1 saturated carbocycles. The second-order valence-corrected chi connectivity index (χ2v) is 7.24. The normalized spacial score (nSPS) is 22.8. The molecule has 0 bridgehead atoms. The highest BCUT2D eigenvalue weighted by atomic mass is 16.5. The number of carbonyl (C=O) groups is 3. The van der Waals surface area contributed by atoms with Gasteiger partial charge in [0.15, 0.2) is 17.3 Å². The van der Waals surface area contributed by atoms with Gasteiger partial charge in [-0.25, -0.2) is 4.79 Å². The average Bonchev–Trinajstić information content (AvgIpc) is 3.18. The molecule has 3 atom stereocenters. The number of benzene rings is 1. The largest absolute Gasteiger partial charge is 0.493 e. The lowest BCUT2D eigenvalue weighted by atomic mass is 10.1. The van der Waals surface area contributed by atoms with Crippen molar-refractivity contribution in [3.05, 3.63) is 17.8 Å². The van der Waals surface area contributed by atoms with Gasteiger partial charge in [0.1, 0.15) is 18.3 Å². The third-order valence-electron chi connectivity index (χ3n) is 5.55. The van der Waals surface area contributed by atoms with Crippen molar-refractivity contribution in [1.29, 1.82) is 0 Å². The van der Waals surface area contributed by atoms with Gasteiger partial charge in [-0.2, -0.15) is 5.10 Å². The van der Waals surface area contributed by atoms with Crippen LogP contribution in [0, 0.1) is 5.92 Å². The number of carboxylic acid groups (broad SMARTS) is 1. The highest BCUT2D eigenvalue weighted by Crippen LogP contribution is 2.48. The number of hydrogen-bond acceptors (Lipinski definition) is 6. The monoisotopic (exact) mass is 387 g/mol. The molecule has 9 nitrogen and oxygen atoms in total. The Balaban J connectivity index is 1.73. The van der Waals surface area contributed by atoms with Gasteiger partial charge in [0.25, 0.3) is 0 Å². The minimum absolute atomic E-state index is 0.00247. The van der Waals surface area contributed by atoms with E-state index < -0.39 is 12.0 Å². The Morgan fingerprint density at radius 2 is 1.86 bits per heavy atom. The summed E-state index contributed by atoms with van der Waals surface area (Å²) in [6.45, 7) is 1.26. The van der Waals surface area contributed by atoms with E-state index in [1.807, 2.05) is 0 Å².